The molecule has 0 unspecified atom stereocenters. The summed E-state index contributed by atoms with van der Waals surface area (Å²) < 4.78 is 2.97. The lowest BCUT2D eigenvalue weighted by molar-refractivity contribution is 0.840. The molecule has 2 nitrogen and oxygen atoms in total. The summed E-state index contributed by atoms with van der Waals surface area (Å²) in [6.07, 6.45) is 0. The summed E-state index contributed by atoms with van der Waals surface area (Å²) in [6, 6.07) is 7.69. The molecule has 0 aliphatic rings. The van der Waals surface area contributed by atoms with Crippen LogP contribution in [0.1, 0.15) is 5.82 Å². The van der Waals surface area contributed by atoms with E-state index in [1.165, 1.54) is 0 Å². The molecule has 0 bridgehead atoms. The largest absolute Gasteiger partial charge is 0.326 e. The Hall–Kier alpha value is -0.800. The van der Waals surface area contributed by atoms with Gasteiger partial charge in [0, 0.05) is 17.6 Å². The highest BCUT2D eigenvalue weighted by Gasteiger charge is 2.11. The first kappa shape index (κ1) is 10.7. The van der Waals surface area contributed by atoms with Gasteiger partial charge >= 0.3 is 0 Å². The summed E-state index contributed by atoms with van der Waals surface area (Å²) in [6.45, 7) is 1.97. The number of nitrogens with zero attached hydrogens (tertiary/aromatic N) is 2. The number of hydrogen-bond donors (Lipinski definition) is 0. The van der Waals surface area contributed by atoms with E-state index in [0.717, 1.165) is 26.7 Å². The zero-order valence-corrected chi connectivity index (χ0v) is 10.8. The van der Waals surface area contributed by atoms with E-state index in [1.54, 1.807) is 0 Å². The molecule has 15 heavy (non-hydrogen) atoms. The van der Waals surface area contributed by atoms with Gasteiger partial charge in [-0.15, -0.1) is 0 Å². The Balaban J connectivity index is 2.59. The van der Waals surface area contributed by atoms with E-state index in [2.05, 4.69) is 20.9 Å². The van der Waals surface area contributed by atoms with E-state index in [1.807, 2.05) is 42.8 Å². The van der Waals surface area contributed by atoms with Crippen molar-refractivity contribution in [2.24, 2.45) is 7.05 Å². The molecule has 78 valence electrons. The Morgan fingerprint density at radius 2 is 2.13 bits per heavy atom. The quantitative estimate of drug-likeness (QED) is 0.779. The fourth-order valence-electron chi connectivity index (χ4n) is 1.40. The molecule has 0 radical (unpaired) electrons. The van der Waals surface area contributed by atoms with Gasteiger partial charge in [-0.2, -0.15) is 0 Å². The molecule has 0 atom stereocenters. The van der Waals surface area contributed by atoms with Crippen LogP contribution in [-0.4, -0.2) is 9.55 Å². The summed E-state index contributed by atoms with van der Waals surface area (Å²) in [5.74, 6) is 0.969. The SMILES string of the molecule is Cc1nc(-c2cccc(Cl)c2)c(Br)n1C. The highest BCUT2D eigenvalue weighted by molar-refractivity contribution is 9.10. The molecule has 1 aromatic heterocycles. The lowest BCUT2D eigenvalue weighted by atomic mass is 10.2. The van der Waals surface area contributed by atoms with Crippen molar-refractivity contribution in [3.8, 4) is 11.3 Å². The molecule has 4 heteroatoms. The Morgan fingerprint density at radius 1 is 1.40 bits per heavy atom. The van der Waals surface area contributed by atoms with Gasteiger partial charge in [-0.3, -0.25) is 0 Å². The standard InChI is InChI=1S/C11H10BrClN2/c1-7-14-10(11(12)15(7)2)8-4-3-5-9(13)6-8/h3-6H,1-2H3. The second kappa shape index (κ2) is 3.99. The fraction of sp³-hybridized carbons (Fsp3) is 0.182. The fourth-order valence-corrected chi connectivity index (χ4v) is 2.17. The Bertz CT molecular complexity index is 505. The van der Waals surface area contributed by atoms with Crippen molar-refractivity contribution in [2.45, 2.75) is 6.92 Å². The normalized spacial score (nSPS) is 10.7. The van der Waals surface area contributed by atoms with Crippen molar-refractivity contribution in [3.05, 3.63) is 39.7 Å². The molecule has 1 aromatic carbocycles. The minimum absolute atomic E-state index is 0.725. The number of rotatable bonds is 1. The highest BCUT2D eigenvalue weighted by atomic mass is 79.9. The average Bonchev–Trinajstić information content (AvgIpc) is 2.46. The van der Waals surface area contributed by atoms with Crippen LogP contribution in [0, 0.1) is 6.92 Å². The second-order valence-electron chi connectivity index (χ2n) is 3.37. The first-order valence-corrected chi connectivity index (χ1v) is 5.71. The average molecular weight is 286 g/mol. The van der Waals surface area contributed by atoms with Crippen LogP contribution in [-0.2, 0) is 7.05 Å². The van der Waals surface area contributed by atoms with Gasteiger partial charge in [0.2, 0.25) is 0 Å². The lowest BCUT2D eigenvalue weighted by Crippen LogP contribution is -1.90. The maximum atomic E-state index is 5.94. The monoisotopic (exact) mass is 284 g/mol. The maximum absolute atomic E-state index is 5.94. The first-order chi connectivity index (χ1) is 7.09. The Morgan fingerprint density at radius 3 is 2.67 bits per heavy atom. The summed E-state index contributed by atoms with van der Waals surface area (Å²) in [4.78, 5) is 4.48. The third-order valence-corrected chi connectivity index (χ3v) is 3.49. The molecule has 0 aliphatic heterocycles. The van der Waals surface area contributed by atoms with Crippen LogP contribution in [0.25, 0.3) is 11.3 Å². The van der Waals surface area contributed by atoms with Gasteiger partial charge in [-0.05, 0) is 35.0 Å². The van der Waals surface area contributed by atoms with E-state index >= 15 is 0 Å². The predicted octanol–water partition coefficient (Wildman–Crippen LogP) is 3.81. The van der Waals surface area contributed by atoms with E-state index in [-0.39, 0.29) is 0 Å². The summed E-state index contributed by atoms with van der Waals surface area (Å²) in [5, 5.41) is 0.725. The number of benzene rings is 1. The first-order valence-electron chi connectivity index (χ1n) is 4.54. The number of hydrogen-bond acceptors (Lipinski definition) is 1. The van der Waals surface area contributed by atoms with Crippen LogP contribution in [0.2, 0.25) is 5.02 Å². The van der Waals surface area contributed by atoms with Gasteiger partial charge in [0.15, 0.2) is 0 Å². The molecule has 0 aliphatic carbocycles. The molecule has 0 fully saturated rings. The van der Waals surface area contributed by atoms with E-state index in [9.17, 15) is 0 Å². The van der Waals surface area contributed by atoms with E-state index in [0.29, 0.717) is 0 Å². The lowest BCUT2D eigenvalue weighted by Gasteiger charge is -1.99. The van der Waals surface area contributed by atoms with Gasteiger partial charge in [0.05, 0.1) is 0 Å². The topological polar surface area (TPSA) is 17.8 Å². The summed E-state index contributed by atoms with van der Waals surface area (Å²) in [5.41, 5.74) is 1.95. The molecular weight excluding hydrogens is 275 g/mol. The predicted molar refractivity (Wildman–Crippen MR) is 66.1 cm³/mol. The van der Waals surface area contributed by atoms with E-state index < -0.39 is 0 Å². The molecule has 0 amide bonds. The minimum Gasteiger partial charge on any atom is -0.326 e. The smallest absolute Gasteiger partial charge is 0.112 e. The maximum Gasteiger partial charge on any atom is 0.112 e. The zero-order valence-electron chi connectivity index (χ0n) is 8.46. The van der Waals surface area contributed by atoms with Gasteiger partial charge in [-0.25, -0.2) is 4.98 Å². The van der Waals surface area contributed by atoms with Crippen molar-refractivity contribution >= 4 is 27.5 Å². The number of aromatic nitrogens is 2. The Kier molecular flexibility index (Phi) is 2.85. The molecule has 0 saturated carbocycles. The molecular formula is C11H10BrClN2. The van der Waals surface area contributed by atoms with Gasteiger partial charge in [-0.1, -0.05) is 23.7 Å². The molecule has 0 N–H and O–H groups in total. The second-order valence-corrected chi connectivity index (χ2v) is 4.56. The van der Waals surface area contributed by atoms with Crippen LogP contribution in [0.3, 0.4) is 0 Å². The molecule has 0 spiro atoms. The molecule has 2 rings (SSSR count). The van der Waals surface area contributed by atoms with Crippen LogP contribution in [0.4, 0.5) is 0 Å². The molecule has 1 heterocycles. The number of imidazole rings is 1. The van der Waals surface area contributed by atoms with Crippen molar-refractivity contribution in [2.75, 3.05) is 0 Å². The third kappa shape index (κ3) is 1.94. The van der Waals surface area contributed by atoms with Crippen molar-refractivity contribution in [1.82, 2.24) is 9.55 Å². The van der Waals surface area contributed by atoms with Crippen molar-refractivity contribution in [1.29, 1.82) is 0 Å². The van der Waals surface area contributed by atoms with Crippen LogP contribution < -0.4 is 0 Å². The number of halogens is 2. The van der Waals surface area contributed by atoms with Crippen molar-refractivity contribution < 1.29 is 0 Å². The van der Waals surface area contributed by atoms with Gasteiger partial charge < -0.3 is 4.57 Å². The zero-order chi connectivity index (χ0) is 11.0. The minimum atomic E-state index is 0.725. The van der Waals surface area contributed by atoms with E-state index in [4.69, 9.17) is 11.6 Å². The molecule has 2 aromatic rings. The summed E-state index contributed by atoms with van der Waals surface area (Å²) in [7, 11) is 1.97. The highest BCUT2D eigenvalue weighted by Crippen LogP contribution is 2.29. The third-order valence-electron chi connectivity index (χ3n) is 2.35. The molecule has 0 saturated heterocycles. The number of aryl methyl sites for hydroxylation is 1. The summed E-state index contributed by atoms with van der Waals surface area (Å²) >= 11 is 9.46. The van der Waals surface area contributed by atoms with Gasteiger partial charge in [0.1, 0.15) is 16.1 Å². The van der Waals surface area contributed by atoms with Crippen LogP contribution in [0.5, 0.6) is 0 Å². The Labute approximate surface area is 102 Å². The van der Waals surface area contributed by atoms with Crippen LogP contribution >= 0.6 is 27.5 Å². The van der Waals surface area contributed by atoms with Crippen LogP contribution in [0.15, 0.2) is 28.9 Å². The van der Waals surface area contributed by atoms with Crippen molar-refractivity contribution in [3.63, 3.8) is 0 Å². The van der Waals surface area contributed by atoms with Gasteiger partial charge in [0.25, 0.3) is 0 Å².